The second-order valence-electron chi connectivity index (χ2n) is 4.46. The molecule has 1 N–H and O–H groups in total. The molecule has 0 spiro atoms. The lowest BCUT2D eigenvalue weighted by Gasteiger charge is -2.11. The van der Waals surface area contributed by atoms with Crippen molar-refractivity contribution in [1.29, 1.82) is 0 Å². The van der Waals surface area contributed by atoms with Crippen LogP contribution in [0.3, 0.4) is 0 Å². The van der Waals surface area contributed by atoms with Crippen LogP contribution in [-0.4, -0.2) is 20.8 Å². The predicted molar refractivity (Wildman–Crippen MR) is 74.9 cm³/mol. The number of aliphatic hydroxyl groups is 1. The van der Waals surface area contributed by atoms with Crippen LogP contribution in [0.2, 0.25) is 0 Å². The van der Waals surface area contributed by atoms with E-state index >= 15 is 0 Å². The molecule has 4 heteroatoms. The van der Waals surface area contributed by atoms with Crippen LogP contribution in [0.1, 0.15) is 30.5 Å². The lowest BCUT2D eigenvalue weighted by molar-refractivity contribution is 0.158. The Hall–Kier alpha value is -1.13. The van der Waals surface area contributed by atoms with E-state index in [1.807, 2.05) is 6.20 Å². The third-order valence-corrected chi connectivity index (χ3v) is 4.04. The predicted octanol–water partition coefficient (Wildman–Crippen LogP) is 2.89. The van der Waals surface area contributed by atoms with Gasteiger partial charge in [-0.15, -0.1) is 11.3 Å². The summed E-state index contributed by atoms with van der Waals surface area (Å²) in [6.07, 6.45) is 7.09. The summed E-state index contributed by atoms with van der Waals surface area (Å²) >= 11 is 1.79. The maximum Gasteiger partial charge on any atom is 0.111 e. The number of hydrogen-bond acceptors (Lipinski definition) is 3. The molecule has 0 radical (unpaired) electrons. The average molecular weight is 264 g/mol. The van der Waals surface area contributed by atoms with E-state index in [1.54, 1.807) is 17.5 Å². The van der Waals surface area contributed by atoms with Gasteiger partial charge in [-0.25, -0.2) is 4.98 Å². The number of rotatable bonds is 7. The smallest absolute Gasteiger partial charge is 0.111 e. The minimum Gasteiger partial charge on any atom is -0.393 e. The van der Waals surface area contributed by atoms with Crippen LogP contribution in [0.15, 0.2) is 29.9 Å². The zero-order chi connectivity index (χ0) is 12.8. The Morgan fingerprint density at radius 1 is 1.50 bits per heavy atom. The van der Waals surface area contributed by atoms with Crippen molar-refractivity contribution < 1.29 is 5.11 Å². The van der Waals surface area contributed by atoms with Gasteiger partial charge in [0, 0.05) is 30.2 Å². The van der Waals surface area contributed by atoms with Crippen molar-refractivity contribution in [2.24, 2.45) is 0 Å². The van der Waals surface area contributed by atoms with Crippen molar-refractivity contribution in [3.05, 3.63) is 40.6 Å². The van der Waals surface area contributed by atoms with Gasteiger partial charge in [0.25, 0.3) is 0 Å². The van der Waals surface area contributed by atoms with Gasteiger partial charge in [-0.2, -0.15) is 0 Å². The third kappa shape index (κ3) is 3.68. The van der Waals surface area contributed by atoms with Gasteiger partial charge < -0.3 is 9.67 Å². The molecule has 2 aromatic rings. The van der Waals surface area contributed by atoms with Crippen molar-refractivity contribution in [2.75, 3.05) is 0 Å². The highest BCUT2D eigenvalue weighted by Crippen LogP contribution is 2.14. The standard InChI is InChI=1S/C14H20N2OS/c1-2-16-9-8-15-14(16)11-12(17)5-3-6-13-7-4-10-18-13/h4,7-10,12,17H,2-3,5-6,11H2,1H3. The van der Waals surface area contributed by atoms with Crippen LogP contribution >= 0.6 is 11.3 Å². The molecule has 0 aromatic carbocycles. The van der Waals surface area contributed by atoms with E-state index in [1.165, 1.54) is 4.88 Å². The van der Waals surface area contributed by atoms with Gasteiger partial charge in [0.1, 0.15) is 5.82 Å². The first-order valence-corrected chi connectivity index (χ1v) is 7.38. The van der Waals surface area contributed by atoms with Gasteiger partial charge in [0.05, 0.1) is 6.10 Å². The van der Waals surface area contributed by atoms with Crippen molar-refractivity contribution >= 4 is 11.3 Å². The Labute approximate surface area is 112 Å². The fourth-order valence-electron chi connectivity index (χ4n) is 2.10. The molecule has 98 valence electrons. The van der Waals surface area contributed by atoms with Crippen LogP contribution in [0.5, 0.6) is 0 Å². The quantitative estimate of drug-likeness (QED) is 0.835. The molecule has 1 unspecified atom stereocenters. The summed E-state index contributed by atoms with van der Waals surface area (Å²) in [6, 6.07) is 4.23. The van der Waals surface area contributed by atoms with Crippen LogP contribution in [0, 0.1) is 0 Å². The number of aromatic nitrogens is 2. The van der Waals surface area contributed by atoms with Gasteiger partial charge in [0.15, 0.2) is 0 Å². The maximum atomic E-state index is 10.0. The molecule has 0 bridgehead atoms. The van der Waals surface area contributed by atoms with Crippen molar-refractivity contribution in [1.82, 2.24) is 9.55 Å². The minimum atomic E-state index is -0.280. The molecule has 0 fully saturated rings. The Morgan fingerprint density at radius 3 is 3.11 bits per heavy atom. The van der Waals surface area contributed by atoms with Crippen molar-refractivity contribution in [3.8, 4) is 0 Å². The molecule has 18 heavy (non-hydrogen) atoms. The van der Waals surface area contributed by atoms with E-state index in [4.69, 9.17) is 0 Å². The molecule has 1 atom stereocenters. The number of hydrogen-bond donors (Lipinski definition) is 1. The summed E-state index contributed by atoms with van der Waals surface area (Å²) < 4.78 is 2.09. The monoisotopic (exact) mass is 264 g/mol. The molecule has 0 saturated heterocycles. The fourth-order valence-corrected chi connectivity index (χ4v) is 2.85. The molecule has 0 aliphatic heterocycles. The second kappa shape index (κ2) is 6.71. The summed E-state index contributed by atoms with van der Waals surface area (Å²) in [5.74, 6) is 0.987. The van der Waals surface area contributed by atoms with Gasteiger partial charge in [-0.3, -0.25) is 0 Å². The normalized spacial score (nSPS) is 12.8. The Bertz CT molecular complexity index is 450. The highest BCUT2D eigenvalue weighted by Gasteiger charge is 2.09. The van der Waals surface area contributed by atoms with E-state index < -0.39 is 0 Å². The minimum absolute atomic E-state index is 0.280. The van der Waals surface area contributed by atoms with E-state index in [0.717, 1.165) is 31.6 Å². The van der Waals surface area contributed by atoms with Crippen LogP contribution in [0.25, 0.3) is 0 Å². The first-order chi connectivity index (χ1) is 8.79. The average Bonchev–Trinajstić information content (AvgIpc) is 3.00. The van der Waals surface area contributed by atoms with Gasteiger partial charge in [0.2, 0.25) is 0 Å². The van der Waals surface area contributed by atoms with Crippen LogP contribution in [0.4, 0.5) is 0 Å². The van der Waals surface area contributed by atoms with E-state index in [0.29, 0.717) is 6.42 Å². The molecule has 2 aromatic heterocycles. The first-order valence-electron chi connectivity index (χ1n) is 6.50. The lowest BCUT2D eigenvalue weighted by Crippen LogP contribution is -2.14. The Kier molecular flexibility index (Phi) is 4.96. The topological polar surface area (TPSA) is 38.0 Å². The molecule has 0 aliphatic rings. The zero-order valence-corrected chi connectivity index (χ0v) is 11.6. The Balaban J connectivity index is 1.73. The molecule has 2 heterocycles. The number of aryl methyl sites for hydroxylation is 2. The van der Waals surface area contributed by atoms with E-state index in [9.17, 15) is 5.11 Å². The SMILES string of the molecule is CCn1ccnc1CC(O)CCCc1cccs1. The highest BCUT2D eigenvalue weighted by atomic mass is 32.1. The van der Waals surface area contributed by atoms with Crippen LogP contribution < -0.4 is 0 Å². The molecular weight excluding hydrogens is 244 g/mol. The summed E-state index contributed by atoms with van der Waals surface area (Å²) in [7, 11) is 0. The lowest BCUT2D eigenvalue weighted by atomic mass is 10.1. The zero-order valence-electron chi connectivity index (χ0n) is 10.7. The summed E-state index contributed by atoms with van der Waals surface area (Å²) in [4.78, 5) is 5.69. The number of thiophene rings is 1. The van der Waals surface area contributed by atoms with E-state index in [2.05, 4.69) is 34.0 Å². The van der Waals surface area contributed by atoms with Gasteiger partial charge in [-0.1, -0.05) is 6.07 Å². The van der Waals surface area contributed by atoms with Gasteiger partial charge >= 0.3 is 0 Å². The van der Waals surface area contributed by atoms with E-state index in [-0.39, 0.29) is 6.10 Å². The molecule has 2 rings (SSSR count). The molecule has 0 saturated carbocycles. The highest BCUT2D eigenvalue weighted by molar-refractivity contribution is 7.09. The van der Waals surface area contributed by atoms with Crippen molar-refractivity contribution in [2.45, 2.75) is 45.3 Å². The molecule has 0 amide bonds. The van der Waals surface area contributed by atoms with Crippen molar-refractivity contribution in [3.63, 3.8) is 0 Å². The number of nitrogens with zero attached hydrogens (tertiary/aromatic N) is 2. The largest absolute Gasteiger partial charge is 0.393 e. The summed E-state index contributed by atoms with van der Waals surface area (Å²) in [6.45, 7) is 3.01. The molecule has 0 aliphatic carbocycles. The first kappa shape index (κ1) is 13.3. The molecule has 3 nitrogen and oxygen atoms in total. The van der Waals surface area contributed by atoms with Gasteiger partial charge in [-0.05, 0) is 37.6 Å². The third-order valence-electron chi connectivity index (χ3n) is 3.10. The summed E-state index contributed by atoms with van der Waals surface area (Å²) in [5.41, 5.74) is 0. The Morgan fingerprint density at radius 2 is 2.39 bits per heavy atom. The maximum absolute atomic E-state index is 10.0. The molecular formula is C14H20N2OS. The fraction of sp³-hybridized carbons (Fsp3) is 0.500. The number of imidazole rings is 1. The summed E-state index contributed by atoms with van der Waals surface area (Å²) in [5, 5.41) is 12.1. The second-order valence-corrected chi connectivity index (χ2v) is 5.49. The van der Waals surface area contributed by atoms with Crippen LogP contribution in [-0.2, 0) is 19.4 Å². The number of aliphatic hydroxyl groups excluding tert-OH is 1.